The van der Waals surface area contributed by atoms with Crippen LogP contribution in [0.1, 0.15) is 40.5 Å². The van der Waals surface area contributed by atoms with Gasteiger partial charge < -0.3 is 14.9 Å². The van der Waals surface area contributed by atoms with Crippen LogP contribution >= 0.6 is 0 Å². The van der Waals surface area contributed by atoms with Crippen LogP contribution < -0.4 is 5.32 Å². The summed E-state index contributed by atoms with van der Waals surface area (Å²) < 4.78 is 5.18. The van der Waals surface area contributed by atoms with E-state index in [4.69, 9.17) is 9.57 Å². The number of carbonyl (C=O) groups is 1. The number of piperidine rings is 1. The second kappa shape index (κ2) is 6.50. The predicted octanol–water partition coefficient (Wildman–Crippen LogP) is 1.61. The fourth-order valence-corrected chi connectivity index (χ4v) is 2.97. The zero-order chi connectivity index (χ0) is 15.5. The number of hydrogen-bond donors (Lipinski definition) is 1. The summed E-state index contributed by atoms with van der Waals surface area (Å²) in [4.78, 5) is 19.5. The molecule has 0 aromatic rings. The van der Waals surface area contributed by atoms with Crippen molar-refractivity contribution in [2.24, 2.45) is 0 Å². The topological polar surface area (TPSA) is 54.0 Å². The van der Waals surface area contributed by atoms with E-state index in [1.807, 2.05) is 20.8 Å². The average Bonchev–Trinajstić information content (AvgIpc) is 2.38. The summed E-state index contributed by atoms with van der Waals surface area (Å²) in [5.74, 6) is 0. The van der Waals surface area contributed by atoms with Crippen LogP contribution in [0.2, 0.25) is 0 Å². The van der Waals surface area contributed by atoms with Crippen molar-refractivity contribution in [3.63, 3.8) is 0 Å². The first-order valence-electron chi connectivity index (χ1n) is 7.90. The third-order valence-electron chi connectivity index (χ3n) is 4.28. The van der Waals surface area contributed by atoms with Gasteiger partial charge in [-0.1, -0.05) is 0 Å². The maximum Gasteiger partial charge on any atom is 0.528 e. The molecular formula is C15H29N3O3. The monoisotopic (exact) mass is 299 g/mol. The van der Waals surface area contributed by atoms with Gasteiger partial charge in [0.25, 0.3) is 0 Å². The standard InChI is InChI=1S/C15H29N3O3/c1-14(2,3)20-13(19)21-18-11-9-17(10-12-18)15(4)5-7-16-8-6-15/h16H,5-12H2,1-4H3. The Bertz CT molecular complexity index is 354. The van der Waals surface area contributed by atoms with Crippen LogP contribution in [-0.2, 0) is 9.57 Å². The van der Waals surface area contributed by atoms with Gasteiger partial charge in [0.2, 0.25) is 0 Å². The summed E-state index contributed by atoms with van der Waals surface area (Å²) in [6.45, 7) is 13.4. The quantitative estimate of drug-likeness (QED) is 0.782. The molecule has 0 unspecified atom stereocenters. The van der Waals surface area contributed by atoms with Crippen molar-refractivity contribution < 1.29 is 14.4 Å². The summed E-state index contributed by atoms with van der Waals surface area (Å²) in [6.07, 6.45) is 1.75. The van der Waals surface area contributed by atoms with Crippen LogP contribution in [0, 0.1) is 0 Å². The number of piperazine rings is 1. The van der Waals surface area contributed by atoms with Gasteiger partial charge in [-0.2, -0.15) is 0 Å². The summed E-state index contributed by atoms with van der Waals surface area (Å²) in [7, 11) is 0. The highest BCUT2D eigenvalue weighted by atomic mass is 16.8. The van der Waals surface area contributed by atoms with E-state index in [1.54, 1.807) is 5.06 Å². The van der Waals surface area contributed by atoms with Crippen molar-refractivity contribution in [2.45, 2.75) is 51.7 Å². The van der Waals surface area contributed by atoms with Crippen molar-refractivity contribution in [3.8, 4) is 0 Å². The van der Waals surface area contributed by atoms with Crippen molar-refractivity contribution in [2.75, 3.05) is 39.3 Å². The molecule has 2 fully saturated rings. The van der Waals surface area contributed by atoms with E-state index in [1.165, 1.54) is 12.8 Å². The highest BCUT2D eigenvalue weighted by Gasteiger charge is 2.36. The van der Waals surface area contributed by atoms with Gasteiger partial charge in [0.1, 0.15) is 5.60 Å². The highest BCUT2D eigenvalue weighted by Crippen LogP contribution is 2.26. The third-order valence-corrected chi connectivity index (χ3v) is 4.28. The van der Waals surface area contributed by atoms with Gasteiger partial charge in [-0.15, -0.1) is 5.06 Å². The second-order valence-electron chi connectivity index (χ2n) is 7.22. The zero-order valence-corrected chi connectivity index (χ0v) is 13.8. The fraction of sp³-hybridized carbons (Fsp3) is 0.933. The summed E-state index contributed by atoms with van der Waals surface area (Å²) in [5, 5.41) is 5.13. The molecule has 6 nitrogen and oxygen atoms in total. The number of hydrogen-bond acceptors (Lipinski definition) is 6. The van der Waals surface area contributed by atoms with Crippen molar-refractivity contribution in [1.82, 2.24) is 15.3 Å². The number of nitrogens with zero attached hydrogens (tertiary/aromatic N) is 2. The van der Waals surface area contributed by atoms with Gasteiger partial charge in [-0.05, 0) is 53.6 Å². The van der Waals surface area contributed by atoms with E-state index >= 15 is 0 Å². The average molecular weight is 299 g/mol. The first kappa shape index (κ1) is 16.5. The Morgan fingerprint density at radius 2 is 1.67 bits per heavy atom. The SMILES string of the molecule is CC(C)(C)OC(=O)ON1CCN(C2(C)CCNCC2)CC1. The molecule has 2 heterocycles. The number of rotatable bonds is 2. The smallest absolute Gasteiger partial charge is 0.427 e. The highest BCUT2D eigenvalue weighted by molar-refractivity contribution is 5.60. The first-order valence-corrected chi connectivity index (χ1v) is 7.90. The maximum atomic E-state index is 11.7. The molecule has 2 aliphatic rings. The van der Waals surface area contributed by atoms with E-state index < -0.39 is 11.8 Å². The number of carbonyl (C=O) groups excluding carboxylic acids is 1. The molecule has 2 rings (SSSR count). The molecule has 0 aromatic heterocycles. The Balaban J connectivity index is 1.76. The lowest BCUT2D eigenvalue weighted by atomic mass is 9.88. The Morgan fingerprint density at radius 3 is 2.19 bits per heavy atom. The molecule has 1 N–H and O–H groups in total. The van der Waals surface area contributed by atoms with Crippen molar-refractivity contribution >= 4 is 6.16 Å². The summed E-state index contributed by atoms with van der Waals surface area (Å²) in [6, 6.07) is 0. The van der Waals surface area contributed by atoms with Gasteiger partial charge >= 0.3 is 6.16 Å². The minimum absolute atomic E-state index is 0.281. The van der Waals surface area contributed by atoms with Gasteiger partial charge in [0, 0.05) is 31.7 Å². The lowest BCUT2D eigenvalue weighted by Gasteiger charge is -2.47. The van der Waals surface area contributed by atoms with Crippen LogP contribution in [0.25, 0.3) is 0 Å². The van der Waals surface area contributed by atoms with Crippen LogP contribution in [0.3, 0.4) is 0 Å². The van der Waals surface area contributed by atoms with E-state index in [0.717, 1.165) is 39.3 Å². The molecule has 0 saturated carbocycles. The minimum Gasteiger partial charge on any atom is -0.427 e. The lowest BCUT2D eigenvalue weighted by Crippen LogP contribution is -2.59. The molecular weight excluding hydrogens is 270 g/mol. The molecule has 0 aliphatic carbocycles. The second-order valence-corrected chi connectivity index (χ2v) is 7.22. The Kier molecular flexibility index (Phi) is 5.11. The van der Waals surface area contributed by atoms with Crippen molar-refractivity contribution in [3.05, 3.63) is 0 Å². The molecule has 0 spiro atoms. The molecule has 2 aliphatic heterocycles. The maximum absolute atomic E-state index is 11.7. The van der Waals surface area contributed by atoms with Gasteiger partial charge in [0.05, 0.1) is 0 Å². The van der Waals surface area contributed by atoms with Crippen LogP contribution in [0.15, 0.2) is 0 Å². The Hall–Kier alpha value is -0.850. The van der Waals surface area contributed by atoms with Crippen LogP contribution in [0.4, 0.5) is 4.79 Å². The molecule has 0 radical (unpaired) electrons. The first-order chi connectivity index (χ1) is 9.78. The van der Waals surface area contributed by atoms with Gasteiger partial charge in [-0.3, -0.25) is 4.90 Å². The van der Waals surface area contributed by atoms with Gasteiger partial charge in [-0.25, -0.2) is 4.79 Å². The van der Waals surface area contributed by atoms with E-state index in [2.05, 4.69) is 17.1 Å². The molecule has 0 aromatic carbocycles. The van der Waals surface area contributed by atoms with E-state index in [9.17, 15) is 4.79 Å². The molecule has 6 heteroatoms. The third kappa shape index (κ3) is 4.83. The summed E-state index contributed by atoms with van der Waals surface area (Å²) in [5.41, 5.74) is -0.231. The zero-order valence-electron chi connectivity index (χ0n) is 13.8. The largest absolute Gasteiger partial charge is 0.528 e. The fourth-order valence-electron chi connectivity index (χ4n) is 2.97. The predicted molar refractivity (Wildman–Crippen MR) is 81.0 cm³/mol. The normalized spacial score (nSPS) is 24.6. The number of nitrogens with one attached hydrogen (secondary N) is 1. The Labute approximate surface area is 127 Å². The molecule has 0 amide bonds. The molecule has 0 bridgehead atoms. The number of hydroxylamine groups is 2. The Morgan fingerprint density at radius 1 is 1.10 bits per heavy atom. The molecule has 0 atom stereocenters. The van der Waals surface area contributed by atoms with Gasteiger partial charge in [0.15, 0.2) is 0 Å². The number of ether oxygens (including phenoxy) is 1. The van der Waals surface area contributed by atoms with E-state index in [0.29, 0.717) is 0 Å². The van der Waals surface area contributed by atoms with E-state index in [-0.39, 0.29) is 5.54 Å². The van der Waals surface area contributed by atoms with Crippen LogP contribution in [-0.4, -0.2) is 66.5 Å². The minimum atomic E-state index is -0.607. The molecule has 122 valence electrons. The van der Waals surface area contributed by atoms with Crippen LogP contribution in [0.5, 0.6) is 0 Å². The molecule has 2 saturated heterocycles. The molecule has 21 heavy (non-hydrogen) atoms. The lowest BCUT2D eigenvalue weighted by molar-refractivity contribution is -0.165. The van der Waals surface area contributed by atoms with Crippen molar-refractivity contribution in [1.29, 1.82) is 0 Å². The summed E-state index contributed by atoms with van der Waals surface area (Å²) >= 11 is 0.